The number of ether oxygens (including phenoxy) is 1. The van der Waals surface area contributed by atoms with Crippen molar-refractivity contribution in [2.45, 2.75) is 6.42 Å². The van der Waals surface area contributed by atoms with Gasteiger partial charge in [0, 0.05) is 29.9 Å². The number of carbonyl (C=O) groups is 2. The minimum atomic E-state index is -0.270. The predicted molar refractivity (Wildman–Crippen MR) is 79.0 cm³/mol. The van der Waals surface area contributed by atoms with Crippen LogP contribution in [-0.4, -0.2) is 43.0 Å². The summed E-state index contributed by atoms with van der Waals surface area (Å²) in [5.41, 5.74) is 1.03. The molecule has 2 aliphatic rings. The van der Waals surface area contributed by atoms with Crippen molar-refractivity contribution >= 4 is 29.1 Å². The molecule has 0 N–H and O–H groups in total. The highest BCUT2D eigenvalue weighted by Crippen LogP contribution is 2.28. The van der Waals surface area contributed by atoms with E-state index < -0.39 is 0 Å². The summed E-state index contributed by atoms with van der Waals surface area (Å²) in [7, 11) is 0. The second-order valence-electron chi connectivity index (χ2n) is 4.99. The zero-order chi connectivity index (χ0) is 14.8. The van der Waals surface area contributed by atoms with Crippen LogP contribution in [0.5, 0.6) is 0 Å². The van der Waals surface area contributed by atoms with Crippen LogP contribution in [0.25, 0.3) is 0 Å². The Hall–Kier alpha value is -1.85. The summed E-state index contributed by atoms with van der Waals surface area (Å²) < 4.78 is 5.27. The van der Waals surface area contributed by atoms with Gasteiger partial charge in [-0.25, -0.2) is 4.90 Å². The van der Waals surface area contributed by atoms with Gasteiger partial charge in [-0.1, -0.05) is 17.7 Å². The minimum Gasteiger partial charge on any atom is -0.378 e. The molecule has 2 saturated heterocycles. The predicted octanol–water partition coefficient (Wildman–Crippen LogP) is 1.82. The van der Waals surface area contributed by atoms with Crippen molar-refractivity contribution in [3.05, 3.63) is 41.1 Å². The Morgan fingerprint density at radius 1 is 1.19 bits per heavy atom. The lowest BCUT2D eigenvalue weighted by atomic mass is 10.2. The Morgan fingerprint density at radius 3 is 2.67 bits per heavy atom. The molecule has 3 rings (SSSR count). The standard InChI is InChI=1S/C15H15ClN2O3/c16-12-2-1-3-13(9-12)18-14(19)8-11(15(18)20)10-17-4-6-21-7-5-17/h1-3,9-10H,4-8H2/b11-10-. The third-order valence-corrected chi connectivity index (χ3v) is 3.75. The van der Waals surface area contributed by atoms with E-state index in [2.05, 4.69) is 0 Å². The molecule has 1 aromatic carbocycles. The lowest BCUT2D eigenvalue weighted by Crippen LogP contribution is -2.33. The average Bonchev–Trinajstić information content (AvgIpc) is 2.74. The molecule has 21 heavy (non-hydrogen) atoms. The van der Waals surface area contributed by atoms with E-state index in [0.29, 0.717) is 29.5 Å². The quantitative estimate of drug-likeness (QED) is 0.618. The molecule has 2 aliphatic heterocycles. The highest BCUT2D eigenvalue weighted by atomic mass is 35.5. The van der Waals surface area contributed by atoms with Crippen molar-refractivity contribution in [2.24, 2.45) is 0 Å². The number of nitrogens with zero attached hydrogens (tertiary/aromatic N) is 2. The van der Waals surface area contributed by atoms with Crippen molar-refractivity contribution in [1.82, 2.24) is 4.90 Å². The van der Waals surface area contributed by atoms with Crippen LogP contribution in [-0.2, 0) is 14.3 Å². The summed E-state index contributed by atoms with van der Waals surface area (Å²) in [4.78, 5) is 27.8. The van der Waals surface area contributed by atoms with Gasteiger partial charge in [-0.2, -0.15) is 0 Å². The van der Waals surface area contributed by atoms with Crippen LogP contribution < -0.4 is 4.90 Å². The van der Waals surface area contributed by atoms with Crippen LogP contribution in [0.4, 0.5) is 5.69 Å². The molecule has 2 heterocycles. The molecule has 2 fully saturated rings. The Morgan fingerprint density at radius 2 is 1.95 bits per heavy atom. The van der Waals surface area contributed by atoms with Gasteiger partial charge in [0.15, 0.2) is 0 Å². The van der Waals surface area contributed by atoms with E-state index in [1.165, 1.54) is 4.90 Å². The van der Waals surface area contributed by atoms with Gasteiger partial charge >= 0.3 is 0 Å². The van der Waals surface area contributed by atoms with E-state index in [1.807, 2.05) is 4.90 Å². The smallest absolute Gasteiger partial charge is 0.262 e. The Kier molecular flexibility index (Phi) is 3.94. The maximum Gasteiger partial charge on any atom is 0.262 e. The molecule has 0 radical (unpaired) electrons. The highest BCUT2D eigenvalue weighted by Gasteiger charge is 2.35. The third-order valence-electron chi connectivity index (χ3n) is 3.52. The second-order valence-corrected chi connectivity index (χ2v) is 5.43. The number of rotatable bonds is 2. The van der Waals surface area contributed by atoms with Crippen LogP contribution in [0.15, 0.2) is 36.0 Å². The van der Waals surface area contributed by atoms with E-state index in [-0.39, 0.29) is 18.2 Å². The van der Waals surface area contributed by atoms with E-state index >= 15 is 0 Å². The van der Waals surface area contributed by atoms with Gasteiger partial charge in [-0.3, -0.25) is 9.59 Å². The fourth-order valence-electron chi connectivity index (χ4n) is 2.48. The van der Waals surface area contributed by atoms with Crippen LogP contribution in [0, 0.1) is 0 Å². The lowest BCUT2D eigenvalue weighted by Gasteiger charge is -2.25. The molecule has 0 aromatic heterocycles. The van der Waals surface area contributed by atoms with E-state index in [4.69, 9.17) is 16.3 Å². The van der Waals surface area contributed by atoms with E-state index in [1.54, 1.807) is 30.5 Å². The second kappa shape index (κ2) is 5.87. The molecule has 0 unspecified atom stereocenters. The average molecular weight is 307 g/mol. The lowest BCUT2D eigenvalue weighted by molar-refractivity contribution is -0.120. The topological polar surface area (TPSA) is 49.9 Å². The number of halogens is 1. The summed E-state index contributed by atoms with van der Waals surface area (Å²) in [5.74, 6) is -0.490. The molecular formula is C15H15ClN2O3. The normalized spacial score (nSPS) is 21.5. The van der Waals surface area contributed by atoms with Crippen molar-refractivity contribution in [3.8, 4) is 0 Å². The highest BCUT2D eigenvalue weighted by molar-refractivity contribution is 6.32. The molecule has 0 aliphatic carbocycles. The van der Waals surface area contributed by atoms with Crippen molar-refractivity contribution in [3.63, 3.8) is 0 Å². The monoisotopic (exact) mass is 306 g/mol. The molecule has 1 aromatic rings. The Bertz CT molecular complexity index is 609. The summed E-state index contributed by atoms with van der Waals surface area (Å²) in [6.07, 6.45) is 1.91. The zero-order valence-electron chi connectivity index (χ0n) is 11.4. The number of imide groups is 1. The molecular weight excluding hydrogens is 292 g/mol. The van der Waals surface area contributed by atoms with Gasteiger partial charge in [-0.05, 0) is 18.2 Å². The van der Waals surface area contributed by atoms with Gasteiger partial charge in [0.25, 0.3) is 5.91 Å². The molecule has 2 amide bonds. The number of amides is 2. The van der Waals surface area contributed by atoms with Crippen LogP contribution in [0.2, 0.25) is 5.02 Å². The number of anilines is 1. The number of hydrogen-bond donors (Lipinski definition) is 0. The fourth-order valence-corrected chi connectivity index (χ4v) is 2.66. The minimum absolute atomic E-state index is 0.128. The Labute approximate surface area is 127 Å². The number of carbonyl (C=O) groups excluding carboxylic acids is 2. The van der Waals surface area contributed by atoms with Gasteiger partial charge in [0.1, 0.15) is 0 Å². The molecule has 6 heteroatoms. The van der Waals surface area contributed by atoms with Gasteiger partial charge in [-0.15, -0.1) is 0 Å². The van der Waals surface area contributed by atoms with Gasteiger partial charge in [0.05, 0.1) is 25.3 Å². The van der Waals surface area contributed by atoms with Gasteiger partial charge < -0.3 is 9.64 Å². The maximum atomic E-state index is 12.4. The fraction of sp³-hybridized carbons (Fsp3) is 0.333. The Balaban J connectivity index is 1.83. The molecule has 110 valence electrons. The maximum absolute atomic E-state index is 12.4. The summed E-state index contributed by atoms with van der Waals surface area (Å²) in [5, 5.41) is 0.499. The van der Waals surface area contributed by atoms with Crippen molar-refractivity contribution in [1.29, 1.82) is 0 Å². The molecule has 5 nitrogen and oxygen atoms in total. The SMILES string of the molecule is O=C1C/C(=C/N2CCOCC2)C(=O)N1c1cccc(Cl)c1. The van der Waals surface area contributed by atoms with Crippen LogP contribution in [0.1, 0.15) is 6.42 Å². The summed E-state index contributed by atoms with van der Waals surface area (Å²) in [6, 6.07) is 6.76. The first kappa shape index (κ1) is 14.1. The third kappa shape index (κ3) is 2.94. The van der Waals surface area contributed by atoms with Crippen LogP contribution in [0.3, 0.4) is 0 Å². The number of benzene rings is 1. The molecule has 0 atom stereocenters. The number of hydrogen-bond acceptors (Lipinski definition) is 4. The summed E-state index contributed by atoms with van der Waals surface area (Å²) in [6.45, 7) is 2.76. The summed E-state index contributed by atoms with van der Waals surface area (Å²) >= 11 is 5.92. The first-order valence-corrected chi connectivity index (χ1v) is 7.18. The molecule has 0 saturated carbocycles. The van der Waals surface area contributed by atoms with Crippen LogP contribution >= 0.6 is 11.6 Å². The largest absolute Gasteiger partial charge is 0.378 e. The zero-order valence-corrected chi connectivity index (χ0v) is 12.2. The molecule has 0 spiro atoms. The first-order chi connectivity index (χ1) is 10.1. The van der Waals surface area contributed by atoms with Crippen molar-refractivity contribution < 1.29 is 14.3 Å². The number of morpholine rings is 1. The van der Waals surface area contributed by atoms with Gasteiger partial charge in [0.2, 0.25) is 5.91 Å². The molecule has 0 bridgehead atoms. The van der Waals surface area contributed by atoms with E-state index in [9.17, 15) is 9.59 Å². The first-order valence-electron chi connectivity index (χ1n) is 6.80. The van der Waals surface area contributed by atoms with E-state index in [0.717, 1.165) is 13.1 Å². The van der Waals surface area contributed by atoms with Crippen molar-refractivity contribution in [2.75, 3.05) is 31.2 Å².